The summed E-state index contributed by atoms with van der Waals surface area (Å²) in [4.78, 5) is 6.97. The average molecular weight is 290 g/mol. The van der Waals surface area contributed by atoms with Crippen molar-refractivity contribution in [2.24, 2.45) is 0 Å². The average Bonchev–Trinajstić information content (AvgIpc) is 2.48. The predicted molar refractivity (Wildman–Crippen MR) is 85.7 cm³/mol. The number of rotatable bonds is 2. The lowest BCUT2D eigenvalue weighted by Crippen LogP contribution is -2.58. The van der Waals surface area contributed by atoms with Crippen LogP contribution < -0.4 is 10.2 Å². The van der Waals surface area contributed by atoms with Crippen LogP contribution in [0.2, 0.25) is 5.02 Å². The van der Waals surface area contributed by atoms with Crippen LogP contribution in [0.25, 0.3) is 10.9 Å². The number of piperazine rings is 1. The molecule has 4 heteroatoms. The first-order chi connectivity index (χ1) is 9.63. The number of nitrogens with zero attached hydrogens (tertiary/aromatic N) is 2. The Morgan fingerprint density at radius 3 is 3.05 bits per heavy atom. The number of hydrogen-bond donors (Lipinski definition) is 1. The van der Waals surface area contributed by atoms with Crippen molar-refractivity contribution in [3.05, 3.63) is 35.5 Å². The lowest BCUT2D eigenvalue weighted by Gasteiger charge is -2.42. The van der Waals surface area contributed by atoms with Crippen molar-refractivity contribution < 1.29 is 0 Å². The van der Waals surface area contributed by atoms with E-state index in [-0.39, 0.29) is 5.54 Å². The number of nitrogens with one attached hydrogen (secondary N) is 1. The topological polar surface area (TPSA) is 28.2 Å². The van der Waals surface area contributed by atoms with Crippen molar-refractivity contribution in [1.82, 2.24) is 10.3 Å². The zero-order chi connectivity index (χ0) is 14.2. The normalized spacial score (nSPS) is 23.2. The first-order valence-corrected chi connectivity index (χ1v) is 7.54. The van der Waals surface area contributed by atoms with Gasteiger partial charge in [0.2, 0.25) is 0 Å². The van der Waals surface area contributed by atoms with Crippen molar-refractivity contribution in [2.45, 2.75) is 25.8 Å². The maximum absolute atomic E-state index is 6.28. The molecule has 1 fully saturated rings. The molecule has 0 radical (unpaired) electrons. The van der Waals surface area contributed by atoms with Crippen LogP contribution in [0, 0.1) is 0 Å². The summed E-state index contributed by atoms with van der Waals surface area (Å²) in [6.07, 6.45) is 2.95. The van der Waals surface area contributed by atoms with Gasteiger partial charge in [-0.3, -0.25) is 4.98 Å². The van der Waals surface area contributed by atoms with Crippen LogP contribution in [0.5, 0.6) is 0 Å². The molecule has 106 valence electrons. The molecule has 1 aliphatic rings. The molecule has 3 nitrogen and oxygen atoms in total. The third-order valence-electron chi connectivity index (χ3n) is 4.29. The molecule has 1 aliphatic heterocycles. The lowest BCUT2D eigenvalue weighted by atomic mass is 9.95. The number of hydrogen-bond acceptors (Lipinski definition) is 3. The Labute approximate surface area is 124 Å². The van der Waals surface area contributed by atoms with Gasteiger partial charge < -0.3 is 10.2 Å². The second kappa shape index (κ2) is 5.23. The van der Waals surface area contributed by atoms with Gasteiger partial charge in [-0.2, -0.15) is 0 Å². The van der Waals surface area contributed by atoms with E-state index in [1.54, 1.807) is 0 Å². The molecule has 1 aromatic heterocycles. The number of aromatic nitrogens is 1. The highest BCUT2D eigenvalue weighted by atomic mass is 35.5. The van der Waals surface area contributed by atoms with Crippen molar-refractivity contribution in [2.75, 3.05) is 24.5 Å². The molecule has 0 saturated carbocycles. The second-order valence-electron chi connectivity index (χ2n) is 5.73. The molecule has 1 unspecified atom stereocenters. The van der Waals surface area contributed by atoms with E-state index < -0.39 is 0 Å². The van der Waals surface area contributed by atoms with Gasteiger partial charge in [0.05, 0.1) is 16.2 Å². The SMILES string of the molecule is CCC1(C)CN(c2ccc(Cl)c3cccnc23)CCN1. The highest BCUT2D eigenvalue weighted by Crippen LogP contribution is 2.32. The monoisotopic (exact) mass is 289 g/mol. The lowest BCUT2D eigenvalue weighted by molar-refractivity contribution is 0.314. The minimum atomic E-state index is 0.166. The van der Waals surface area contributed by atoms with Gasteiger partial charge in [0, 0.05) is 36.8 Å². The molecule has 1 aromatic carbocycles. The molecule has 1 N–H and O–H groups in total. The van der Waals surface area contributed by atoms with E-state index in [4.69, 9.17) is 11.6 Å². The van der Waals surface area contributed by atoms with Crippen LogP contribution >= 0.6 is 11.6 Å². The summed E-state index contributed by atoms with van der Waals surface area (Å²) in [6.45, 7) is 7.51. The van der Waals surface area contributed by atoms with Crippen LogP contribution in [0.3, 0.4) is 0 Å². The van der Waals surface area contributed by atoms with E-state index in [2.05, 4.69) is 35.1 Å². The van der Waals surface area contributed by atoms with Crippen LogP contribution in [0.4, 0.5) is 5.69 Å². The van der Waals surface area contributed by atoms with Crippen LogP contribution in [0.1, 0.15) is 20.3 Å². The Kier molecular flexibility index (Phi) is 3.57. The van der Waals surface area contributed by atoms with Gasteiger partial charge in [-0.1, -0.05) is 18.5 Å². The summed E-state index contributed by atoms with van der Waals surface area (Å²) in [6, 6.07) is 8.05. The molecule has 0 aliphatic carbocycles. The highest BCUT2D eigenvalue weighted by molar-refractivity contribution is 6.35. The third-order valence-corrected chi connectivity index (χ3v) is 4.62. The Morgan fingerprint density at radius 2 is 2.25 bits per heavy atom. The molecule has 0 bridgehead atoms. The number of anilines is 1. The minimum Gasteiger partial charge on any atom is -0.367 e. The summed E-state index contributed by atoms with van der Waals surface area (Å²) >= 11 is 6.28. The first kappa shape index (κ1) is 13.7. The Bertz CT molecular complexity index is 628. The number of halogens is 1. The van der Waals surface area contributed by atoms with Gasteiger partial charge in [0.1, 0.15) is 0 Å². The van der Waals surface area contributed by atoms with E-state index in [9.17, 15) is 0 Å². The Morgan fingerprint density at radius 1 is 1.40 bits per heavy atom. The molecule has 0 amide bonds. The summed E-state index contributed by atoms with van der Waals surface area (Å²) in [7, 11) is 0. The summed E-state index contributed by atoms with van der Waals surface area (Å²) in [5.41, 5.74) is 2.35. The summed E-state index contributed by atoms with van der Waals surface area (Å²) in [5.74, 6) is 0. The fourth-order valence-electron chi connectivity index (χ4n) is 2.87. The zero-order valence-electron chi connectivity index (χ0n) is 12.0. The molecule has 2 heterocycles. The van der Waals surface area contributed by atoms with Gasteiger partial charge in [-0.25, -0.2) is 0 Å². The van der Waals surface area contributed by atoms with E-state index >= 15 is 0 Å². The van der Waals surface area contributed by atoms with Gasteiger partial charge in [0.25, 0.3) is 0 Å². The number of pyridine rings is 1. The van der Waals surface area contributed by atoms with Gasteiger partial charge in [-0.15, -0.1) is 0 Å². The standard InChI is InChI=1S/C16H20ClN3/c1-3-16(2)11-20(10-9-19-16)14-7-6-13(17)12-5-4-8-18-15(12)14/h4-8,19H,3,9-11H2,1-2H3. The van der Waals surface area contributed by atoms with E-state index in [1.807, 2.05) is 24.4 Å². The smallest absolute Gasteiger partial charge is 0.0950 e. The summed E-state index contributed by atoms with van der Waals surface area (Å²) in [5, 5.41) is 5.42. The molecular formula is C16H20ClN3. The van der Waals surface area contributed by atoms with E-state index in [0.29, 0.717) is 0 Å². The molecule has 2 aromatic rings. The predicted octanol–water partition coefficient (Wildman–Crippen LogP) is 3.47. The highest BCUT2D eigenvalue weighted by Gasteiger charge is 2.29. The van der Waals surface area contributed by atoms with Crippen molar-refractivity contribution in [1.29, 1.82) is 0 Å². The summed E-state index contributed by atoms with van der Waals surface area (Å²) < 4.78 is 0. The van der Waals surface area contributed by atoms with Gasteiger partial charge >= 0.3 is 0 Å². The molecule has 20 heavy (non-hydrogen) atoms. The fraction of sp³-hybridized carbons (Fsp3) is 0.438. The van der Waals surface area contributed by atoms with Crippen LogP contribution in [-0.4, -0.2) is 30.2 Å². The molecular weight excluding hydrogens is 270 g/mol. The molecule has 1 atom stereocenters. The molecule has 1 saturated heterocycles. The third kappa shape index (κ3) is 2.36. The minimum absolute atomic E-state index is 0.166. The largest absolute Gasteiger partial charge is 0.367 e. The van der Waals surface area contributed by atoms with Crippen LogP contribution in [0.15, 0.2) is 30.5 Å². The van der Waals surface area contributed by atoms with Crippen molar-refractivity contribution in [3.63, 3.8) is 0 Å². The maximum atomic E-state index is 6.28. The van der Waals surface area contributed by atoms with Crippen molar-refractivity contribution in [3.8, 4) is 0 Å². The second-order valence-corrected chi connectivity index (χ2v) is 6.14. The fourth-order valence-corrected chi connectivity index (χ4v) is 3.08. The Balaban J connectivity index is 2.04. The van der Waals surface area contributed by atoms with Crippen molar-refractivity contribution >= 4 is 28.2 Å². The Hall–Kier alpha value is -1.32. The molecule has 3 rings (SSSR count). The number of benzene rings is 1. The van der Waals surface area contributed by atoms with E-state index in [0.717, 1.165) is 42.0 Å². The van der Waals surface area contributed by atoms with Gasteiger partial charge in [-0.05, 0) is 37.6 Å². The quantitative estimate of drug-likeness (QED) is 0.917. The zero-order valence-corrected chi connectivity index (χ0v) is 12.7. The maximum Gasteiger partial charge on any atom is 0.0950 e. The van der Waals surface area contributed by atoms with Gasteiger partial charge in [0.15, 0.2) is 0 Å². The number of fused-ring (bicyclic) bond motifs is 1. The van der Waals surface area contributed by atoms with E-state index in [1.165, 1.54) is 5.69 Å². The first-order valence-electron chi connectivity index (χ1n) is 7.16. The van der Waals surface area contributed by atoms with Crippen LogP contribution in [-0.2, 0) is 0 Å². The molecule has 0 spiro atoms.